The minimum atomic E-state index is -0.296. The summed E-state index contributed by atoms with van der Waals surface area (Å²) in [5, 5.41) is 6.06. The molecule has 1 aliphatic rings. The fourth-order valence-corrected chi connectivity index (χ4v) is 4.88. The molecule has 3 aromatic rings. The Morgan fingerprint density at radius 3 is 2.47 bits per heavy atom. The first-order chi connectivity index (χ1) is 18.4. The van der Waals surface area contributed by atoms with Gasteiger partial charge in [0.15, 0.2) is 23.3 Å². The number of para-hydroxylation sites is 1. The highest BCUT2D eigenvalue weighted by atomic mass is 79.9. The fraction of sp³-hybridized carbons (Fsp3) is 0.179. The van der Waals surface area contributed by atoms with E-state index in [-0.39, 0.29) is 18.4 Å². The molecule has 2 N–H and O–H groups in total. The highest BCUT2D eigenvalue weighted by Gasteiger charge is 2.24. The molecule has 0 unspecified atom stereocenters. The number of hydrogen-bond acceptors (Lipinski definition) is 7. The van der Waals surface area contributed by atoms with Crippen LogP contribution in [0.4, 0.5) is 11.4 Å². The number of halogens is 1. The summed E-state index contributed by atoms with van der Waals surface area (Å²) in [4.78, 5) is 29.9. The van der Waals surface area contributed by atoms with Crippen molar-refractivity contribution in [2.45, 2.75) is 13.8 Å². The molecule has 38 heavy (non-hydrogen) atoms. The maximum absolute atomic E-state index is 12.6. The molecule has 1 saturated heterocycles. The van der Waals surface area contributed by atoms with Crippen LogP contribution in [0.3, 0.4) is 0 Å². The van der Waals surface area contributed by atoms with Crippen molar-refractivity contribution < 1.29 is 23.8 Å². The predicted octanol–water partition coefficient (Wildman–Crippen LogP) is 6.16. The zero-order valence-corrected chi connectivity index (χ0v) is 23.2. The van der Waals surface area contributed by atoms with Crippen LogP contribution in [-0.4, -0.2) is 36.8 Å². The molecule has 1 aliphatic heterocycles. The molecule has 1 fully saturated rings. The third-order valence-electron chi connectivity index (χ3n) is 5.06. The van der Waals surface area contributed by atoms with Crippen LogP contribution in [0.25, 0.3) is 6.08 Å². The Labute approximate surface area is 233 Å². The zero-order chi connectivity index (χ0) is 26.9. The van der Waals surface area contributed by atoms with Gasteiger partial charge in [-0.15, -0.1) is 0 Å². The van der Waals surface area contributed by atoms with E-state index in [0.29, 0.717) is 50.6 Å². The second-order valence-corrected chi connectivity index (χ2v) is 9.76. The number of amides is 2. The van der Waals surface area contributed by atoms with E-state index >= 15 is 0 Å². The molecule has 0 aliphatic carbocycles. The Balaban J connectivity index is 1.47. The average Bonchev–Trinajstić information content (AvgIpc) is 3.23. The lowest BCUT2D eigenvalue weighted by atomic mass is 10.2. The van der Waals surface area contributed by atoms with Crippen molar-refractivity contribution in [1.82, 2.24) is 5.32 Å². The molecule has 0 spiro atoms. The Bertz CT molecular complexity index is 1360. The topological polar surface area (TPSA) is 98.3 Å². The van der Waals surface area contributed by atoms with Crippen LogP contribution in [0.1, 0.15) is 19.4 Å². The number of hydrogen-bond donors (Lipinski definition) is 2. The van der Waals surface area contributed by atoms with Gasteiger partial charge in [0.1, 0.15) is 5.75 Å². The molecule has 1 heterocycles. The monoisotopic (exact) mass is 595 g/mol. The lowest BCUT2D eigenvalue weighted by Gasteiger charge is -2.15. The minimum Gasteiger partial charge on any atom is -0.494 e. The molecule has 0 bridgehead atoms. The van der Waals surface area contributed by atoms with Crippen LogP contribution in [0.15, 0.2) is 81.1 Å². The summed E-state index contributed by atoms with van der Waals surface area (Å²) in [7, 11) is 0. The number of nitrogens with one attached hydrogen (secondary N) is 2. The van der Waals surface area contributed by atoms with Gasteiger partial charge >= 0.3 is 0 Å². The molecule has 0 atom stereocenters. The first-order valence-corrected chi connectivity index (χ1v) is 13.5. The number of ether oxygens (including phenoxy) is 3. The lowest BCUT2D eigenvalue weighted by molar-refractivity contribution is -0.118. The van der Waals surface area contributed by atoms with E-state index in [2.05, 4.69) is 31.6 Å². The number of rotatable bonds is 10. The smallest absolute Gasteiger partial charge is 0.264 e. The molecular formula is C28H26BrN3O5S. The van der Waals surface area contributed by atoms with Gasteiger partial charge in [0.05, 0.1) is 28.3 Å². The van der Waals surface area contributed by atoms with E-state index < -0.39 is 0 Å². The van der Waals surface area contributed by atoms with Gasteiger partial charge in [-0.2, -0.15) is 0 Å². The highest BCUT2D eigenvalue weighted by Crippen LogP contribution is 2.38. The van der Waals surface area contributed by atoms with Crippen molar-refractivity contribution in [3.8, 4) is 17.2 Å². The van der Waals surface area contributed by atoms with E-state index in [1.165, 1.54) is 11.8 Å². The number of carbonyl (C=O) groups excluding carboxylic acids is 2. The van der Waals surface area contributed by atoms with Crippen LogP contribution in [0.2, 0.25) is 0 Å². The van der Waals surface area contributed by atoms with Crippen LogP contribution in [0.5, 0.6) is 17.2 Å². The van der Waals surface area contributed by atoms with Crippen molar-refractivity contribution >= 4 is 62.1 Å². The summed E-state index contributed by atoms with van der Waals surface area (Å²) < 4.78 is 17.6. The van der Waals surface area contributed by atoms with E-state index in [1.807, 2.05) is 56.3 Å². The quantitative estimate of drug-likeness (QED) is 0.272. The molecule has 8 nitrogen and oxygen atoms in total. The molecule has 10 heteroatoms. The van der Waals surface area contributed by atoms with Crippen molar-refractivity contribution in [3.05, 3.63) is 81.7 Å². The van der Waals surface area contributed by atoms with Gasteiger partial charge in [-0.05, 0) is 102 Å². The number of anilines is 1. The van der Waals surface area contributed by atoms with Gasteiger partial charge in [-0.1, -0.05) is 18.2 Å². The normalized spacial score (nSPS) is 14.9. The summed E-state index contributed by atoms with van der Waals surface area (Å²) in [6.07, 6.45) is 1.75. The standard InChI is InChI=1S/C28H26BrN3O5S/c1-3-35-21-12-10-20(11-13-21)31-28-32-27(34)24(38-28)16-18-14-22(29)26(23(15-18)36-4-2)37-17-25(33)30-19-8-6-5-7-9-19/h5-16H,3-4,17H2,1-2H3,(H,30,33)(H,31,32,34)/b24-16+. The third-order valence-corrected chi connectivity index (χ3v) is 6.56. The Morgan fingerprint density at radius 1 is 1.03 bits per heavy atom. The maximum atomic E-state index is 12.6. The number of nitrogens with zero attached hydrogens (tertiary/aromatic N) is 1. The first-order valence-electron chi connectivity index (χ1n) is 11.9. The van der Waals surface area contributed by atoms with Crippen molar-refractivity contribution in [1.29, 1.82) is 0 Å². The van der Waals surface area contributed by atoms with E-state index in [1.54, 1.807) is 30.3 Å². The van der Waals surface area contributed by atoms with Gasteiger partial charge in [-0.3, -0.25) is 9.59 Å². The number of aliphatic imine (C=N–C) groups is 1. The first kappa shape index (κ1) is 27.3. The number of thioether (sulfide) groups is 1. The van der Waals surface area contributed by atoms with Crippen molar-refractivity contribution in [2.24, 2.45) is 4.99 Å². The fourth-order valence-electron chi connectivity index (χ4n) is 3.46. The molecule has 196 valence electrons. The molecule has 3 aromatic carbocycles. The van der Waals surface area contributed by atoms with Crippen LogP contribution < -0.4 is 24.8 Å². The van der Waals surface area contributed by atoms with Gasteiger partial charge in [-0.25, -0.2) is 4.99 Å². The summed E-state index contributed by atoms with van der Waals surface area (Å²) >= 11 is 4.76. The average molecular weight is 597 g/mol. The number of carbonyl (C=O) groups is 2. The minimum absolute atomic E-state index is 0.197. The molecule has 0 saturated carbocycles. The number of amidine groups is 1. The second kappa shape index (κ2) is 13.2. The van der Waals surface area contributed by atoms with Gasteiger partial charge in [0, 0.05) is 5.69 Å². The van der Waals surface area contributed by atoms with Gasteiger partial charge < -0.3 is 24.8 Å². The van der Waals surface area contributed by atoms with Gasteiger partial charge in [0.2, 0.25) is 0 Å². The SMILES string of the molecule is CCOc1ccc(N=C2NC(=O)/C(=C\c3cc(Br)c(OCC(=O)Nc4ccccc4)c(OCC)c3)S2)cc1. The van der Waals surface area contributed by atoms with Crippen LogP contribution in [-0.2, 0) is 9.59 Å². The maximum Gasteiger partial charge on any atom is 0.264 e. The zero-order valence-electron chi connectivity index (χ0n) is 20.8. The summed E-state index contributed by atoms with van der Waals surface area (Å²) in [6.45, 7) is 4.57. The molecular weight excluding hydrogens is 570 g/mol. The Morgan fingerprint density at radius 2 is 1.76 bits per heavy atom. The molecule has 0 radical (unpaired) electrons. The summed E-state index contributed by atoms with van der Waals surface area (Å²) in [5.74, 6) is 1.08. The Hall–Kier alpha value is -3.76. The van der Waals surface area contributed by atoms with Crippen LogP contribution in [0, 0.1) is 0 Å². The summed E-state index contributed by atoms with van der Waals surface area (Å²) in [6, 6.07) is 20.0. The molecule has 4 rings (SSSR count). The van der Waals surface area contributed by atoms with Crippen molar-refractivity contribution in [2.75, 3.05) is 25.1 Å². The molecule has 2 amide bonds. The van der Waals surface area contributed by atoms with Gasteiger partial charge in [0.25, 0.3) is 11.8 Å². The third kappa shape index (κ3) is 7.39. The number of benzene rings is 3. The highest BCUT2D eigenvalue weighted by molar-refractivity contribution is 9.10. The predicted molar refractivity (Wildman–Crippen MR) is 154 cm³/mol. The second-order valence-electron chi connectivity index (χ2n) is 7.87. The van der Waals surface area contributed by atoms with E-state index in [0.717, 1.165) is 11.3 Å². The molecule has 0 aromatic heterocycles. The lowest BCUT2D eigenvalue weighted by Crippen LogP contribution is -2.20. The Kier molecular flexibility index (Phi) is 9.45. The van der Waals surface area contributed by atoms with Crippen molar-refractivity contribution in [3.63, 3.8) is 0 Å². The largest absolute Gasteiger partial charge is 0.494 e. The van der Waals surface area contributed by atoms with E-state index in [9.17, 15) is 9.59 Å². The summed E-state index contributed by atoms with van der Waals surface area (Å²) in [5.41, 5.74) is 2.11. The van der Waals surface area contributed by atoms with Crippen LogP contribution >= 0.6 is 27.7 Å². The van der Waals surface area contributed by atoms with E-state index in [4.69, 9.17) is 14.2 Å².